The van der Waals surface area contributed by atoms with Crippen LogP contribution in [0.5, 0.6) is 0 Å². The fourth-order valence-corrected chi connectivity index (χ4v) is 2.03. The Bertz CT molecular complexity index is 457. The number of allylic oxidation sites excluding steroid dienone is 1. The molecule has 116 valence electrons. The molecule has 0 bridgehead atoms. The largest absolute Gasteiger partial charge is 0.481 e. The van der Waals surface area contributed by atoms with E-state index in [9.17, 15) is 23.1 Å². The van der Waals surface area contributed by atoms with Crippen LogP contribution in [0.3, 0.4) is 0 Å². The molecule has 0 aliphatic heterocycles. The van der Waals surface area contributed by atoms with Crippen molar-refractivity contribution in [1.29, 1.82) is 0 Å². The Kier molecular flexibility index (Phi) is 8.04. The van der Waals surface area contributed by atoms with E-state index in [2.05, 4.69) is 4.72 Å². The Morgan fingerprint density at radius 3 is 2.40 bits per heavy atom. The number of hydrogen-bond acceptors (Lipinski definition) is 6. The fourth-order valence-electron chi connectivity index (χ4n) is 1.27. The molecule has 0 aromatic carbocycles. The summed E-state index contributed by atoms with van der Waals surface area (Å²) >= 11 is 0. The zero-order valence-electron chi connectivity index (χ0n) is 11.3. The monoisotopic (exact) mass is 309 g/mol. The van der Waals surface area contributed by atoms with Gasteiger partial charge < -0.3 is 14.9 Å². The number of hydrogen-bond donors (Lipinski definition) is 3. The van der Waals surface area contributed by atoms with Crippen LogP contribution < -0.4 is 4.72 Å². The van der Waals surface area contributed by atoms with Crippen molar-refractivity contribution in [3.63, 3.8) is 0 Å². The summed E-state index contributed by atoms with van der Waals surface area (Å²) in [6, 6.07) is -1.03. The molecule has 0 aromatic heterocycles. The van der Waals surface area contributed by atoms with E-state index in [1.807, 2.05) is 0 Å². The lowest BCUT2D eigenvalue weighted by atomic mass is 10.2. The molecule has 0 unspecified atom stereocenters. The van der Waals surface area contributed by atoms with Gasteiger partial charge in [-0.25, -0.2) is 13.1 Å². The third-order valence-corrected chi connectivity index (χ3v) is 2.87. The van der Waals surface area contributed by atoms with Crippen LogP contribution in [0.25, 0.3) is 0 Å². The van der Waals surface area contributed by atoms with Crippen LogP contribution in [0.15, 0.2) is 12.2 Å². The van der Waals surface area contributed by atoms with Crippen molar-refractivity contribution in [3.8, 4) is 0 Å². The molecule has 0 aliphatic rings. The van der Waals surface area contributed by atoms with Gasteiger partial charge in [0.2, 0.25) is 10.0 Å². The van der Waals surface area contributed by atoms with Gasteiger partial charge in [0.05, 0.1) is 31.2 Å². The average molecular weight is 309 g/mol. The van der Waals surface area contributed by atoms with Crippen molar-refractivity contribution in [2.24, 2.45) is 0 Å². The molecule has 8 nitrogen and oxygen atoms in total. The third-order valence-electron chi connectivity index (χ3n) is 2.13. The molecule has 0 radical (unpaired) electrons. The summed E-state index contributed by atoms with van der Waals surface area (Å²) in [6.45, 7) is 1.25. The number of carbonyl (C=O) groups excluding carboxylic acids is 1. The maximum Gasteiger partial charge on any atom is 0.306 e. The average Bonchev–Trinajstić information content (AvgIpc) is 2.30. The zero-order chi connectivity index (χ0) is 15.8. The van der Waals surface area contributed by atoms with Crippen LogP contribution in [0.2, 0.25) is 0 Å². The lowest BCUT2D eigenvalue weighted by molar-refractivity contribution is -0.148. The van der Waals surface area contributed by atoms with Gasteiger partial charge in [-0.1, -0.05) is 12.2 Å². The quantitative estimate of drug-likeness (QED) is 0.377. The molecule has 0 spiro atoms. The Morgan fingerprint density at radius 1 is 1.35 bits per heavy atom. The minimum atomic E-state index is -3.59. The summed E-state index contributed by atoms with van der Waals surface area (Å²) in [5.41, 5.74) is 0. The van der Waals surface area contributed by atoms with Crippen LogP contribution >= 0.6 is 0 Å². The fraction of sp³-hybridized carbons (Fsp3) is 0.636. The molecule has 3 N–H and O–H groups in total. The van der Waals surface area contributed by atoms with Gasteiger partial charge in [0, 0.05) is 0 Å². The first-order valence-corrected chi connectivity index (χ1v) is 7.70. The van der Waals surface area contributed by atoms with E-state index < -0.39 is 40.7 Å². The lowest BCUT2D eigenvalue weighted by Gasteiger charge is -2.20. The van der Waals surface area contributed by atoms with Crippen molar-refractivity contribution < 1.29 is 33.0 Å². The van der Waals surface area contributed by atoms with Gasteiger partial charge in [-0.05, 0) is 6.92 Å². The van der Waals surface area contributed by atoms with Crippen LogP contribution in [-0.4, -0.2) is 55.6 Å². The molecule has 0 amide bonds. The molecule has 9 heteroatoms. The number of aliphatic hydroxyl groups is 1. The normalized spacial score (nSPS) is 14.9. The molecular weight excluding hydrogens is 290 g/mol. The molecule has 0 heterocycles. The molecule has 20 heavy (non-hydrogen) atoms. The number of carboxylic acids is 1. The van der Waals surface area contributed by atoms with E-state index in [4.69, 9.17) is 9.84 Å². The number of nitrogens with one attached hydrogen (secondary N) is 1. The van der Waals surface area contributed by atoms with E-state index in [0.29, 0.717) is 0 Å². The van der Waals surface area contributed by atoms with Crippen molar-refractivity contribution in [1.82, 2.24) is 4.72 Å². The Balaban J connectivity index is 4.50. The molecule has 0 fully saturated rings. The minimum absolute atomic E-state index is 0.319. The lowest BCUT2D eigenvalue weighted by Crippen LogP contribution is -2.45. The van der Waals surface area contributed by atoms with Crippen molar-refractivity contribution >= 4 is 22.0 Å². The van der Waals surface area contributed by atoms with E-state index in [0.717, 1.165) is 6.26 Å². The van der Waals surface area contributed by atoms with Crippen LogP contribution in [0, 0.1) is 0 Å². The maximum absolute atomic E-state index is 11.2. The summed E-state index contributed by atoms with van der Waals surface area (Å²) in [5.74, 6) is -1.91. The summed E-state index contributed by atoms with van der Waals surface area (Å²) in [7, 11) is -3.59. The second-order valence-electron chi connectivity index (χ2n) is 4.09. The summed E-state index contributed by atoms with van der Waals surface area (Å²) in [6.07, 6.45) is 1.92. The molecule has 0 rings (SSSR count). The van der Waals surface area contributed by atoms with Crippen molar-refractivity contribution in [3.05, 3.63) is 12.2 Å². The Labute approximate surface area is 117 Å². The summed E-state index contributed by atoms with van der Waals surface area (Å²) in [5, 5.41) is 18.1. The molecule has 0 saturated carbocycles. The second-order valence-corrected chi connectivity index (χ2v) is 5.87. The minimum Gasteiger partial charge on any atom is -0.481 e. The maximum atomic E-state index is 11.2. The highest BCUT2D eigenvalue weighted by Gasteiger charge is 2.22. The number of aliphatic carboxylic acids is 1. The highest BCUT2D eigenvalue weighted by Crippen LogP contribution is 2.01. The standard InChI is InChI=1S/C11H19NO7S/c1-3-4-9(13)8(12-20(2,17)18)7-19-11(16)6-5-10(14)15/h3-4,8-9,12-13H,5-7H2,1-2H3,(H,14,15)/b4-3+/t8-,9+/m0/s1. The van der Waals surface area contributed by atoms with Gasteiger partial charge in [0.25, 0.3) is 0 Å². The zero-order valence-corrected chi connectivity index (χ0v) is 12.1. The predicted octanol–water partition coefficient (Wildman–Crippen LogP) is -0.751. The van der Waals surface area contributed by atoms with Crippen LogP contribution in [0.4, 0.5) is 0 Å². The van der Waals surface area contributed by atoms with Crippen molar-refractivity contribution in [2.75, 3.05) is 12.9 Å². The topological polar surface area (TPSA) is 130 Å². The number of carboxylic acid groups (broad SMARTS) is 1. The van der Waals surface area contributed by atoms with E-state index in [1.54, 1.807) is 6.92 Å². The molecule has 0 aliphatic carbocycles. The second kappa shape index (κ2) is 8.67. The van der Waals surface area contributed by atoms with E-state index in [-0.39, 0.29) is 12.8 Å². The van der Waals surface area contributed by atoms with Crippen LogP contribution in [0.1, 0.15) is 19.8 Å². The molecule has 0 aromatic rings. The number of esters is 1. The van der Waals surface area contributed by atoms with E-state index >= 15 is 0 Å². The number of aliphatic hydroxyl groups excluding tert-OH is 1. The first-order valence-electron chi connectivity index (χ1n) is 5.81. The predicted molar refractivity (Wildman–Crippen MR) is 70.4 cm³/mol. The first-order chi connectivity index (χ1) is 9.15. The Hall–Kier alpha value is -1.45. The van der Waals surface area contributed by atoms with Gasteiger partial charge in [-0.3, -0.25) is 9.59 Å². The SMILES string of the molecule is C/C=C/[C@@H](O)[C@H](COC(=O)CCC(=O)O)NS(C)(=O)=O. The number of sulfonamides is 1. The molecule has 0 saturated heterocycles. The molecule has 2 atom stereocenters. The summed E-state index contributed by atoms with van der Waals surface area (Å²) in [4.78, 5) is 21.5. The third kappa shape index (κ3) is 9.48. The molecular formula is C11H19NO7S. The number of ether oxygens (including phenoxy) is 1. The van der Waals surface area contributed by atoms with E-state index in [1.165, 1.54) is 12.2 Å². The van der Waals surface area contributed by atoms with Crippen molar-refractivity contribution in [2.45, 2.75) is 31.9 Å². The highest BCUT2D eigenvalue weighted by atomic mass is 32.2. The van der Waals surface area contributed by atoms with Gasteiger partial charge >= 0.3 is 11.9 Å². The first kappa shape index (κ1) is 18.6. The van der Waals surface area contributed by atoms with Crippen LogP contribution in [-0.2, 0) is 24.3 Å². The van der Waals surface area contributed by atoms with Gasteiger partial charge in [0.15, 0.2) is 0 Å². The number of rotatable bonds is 9. The smallest absolute Gasteiger partial charge is 0.306 e. The van der Waals surface area contributed by atoms with Gasteiger partial charge in [0.1, 0.15) is 6.61 Å². The summed E-state index contributed by atoms with van der Waals surface area (Å²) < 4.78 is 29.2. The number of carbonyl (C=O) groups is 2. The highest BCUT2D eigenvalue weighted by molar-refractivity contribution is 7.88. The van der Waals surface area contributed by atoms with Gasteiger partial charge in [-0.15, -0.1) is 0 Å². The Morgan fingerprint density at radius 2 is 1.95 bits per heavy atom. The van der Waals surface area contributed by atoms with Gasteiger partial charge in [-0.2, -0.15) is 0 Å².